The van der Waals surface area contributed by atoms with Crippen LogP contribution in [0.5, 0.6) is 0 Å². The predicted octanol–water partition coefficient (Wildman–Crippen LogP) is 3.31. The van der Waals surface area contributed by atoms with E-state index in [4.69, 9.17) is 0 Å². The number of carbonyl (C=O) groups excluding carboxylic acids is 1. The fourth-order valence-electron chi connectivity index (χ4n) is 3.24. The Balaban J connectivity index is 1.57. The number of rotatable bonds is 3. The number of nitrogens with zero attached hydrogens (tertiary/aromatic N) is 3. The molecule has 0 aliphatic carbocycles. The first-order valence-electron chi connectivity index (χ1n) is 8.61. The molecule has 1 aliphatic heterocycles. The minimum atomic E-state index is -3.27. The SMILES string of the molecule is Cc1nc(-n2cccc2)sc1C(=O)N1CCC(c2cccs2)S(=O)(=O)CC1. The summed E-state index contributed by atoms with van der Waals surface area (Å²) in [6.07, 6.45) is 4.20. The van der Waals surface area contributed by atoms with E-state index in [9.17, 15) is 13.2 Å². The van der Waals surface area contributed by atoms with Gasteiger partial charge in [0.05, 0.1) is 16.7 Å². The Morgan fingerprint density at radius 3 is 2.70 bits per heavy atom. The highest BCUT2D eigenvalue weighted by molar-refractivity contribution is 7.91. The van der Waals surface area contributed by atoms with Gasteiger partial charge in [-0.05, 0) is 36.9 Å². The molecule has 4 rings (SSSR count). The van der Waals surface area contributed by atoms with Gasteiger partial charge in [-0.2, -0.15) is 0 Å². The Hall–Kier alpha value is -1.97. The molecule has 3 aromatic rings. The van der Waals surface area contributed by atoms with Crippen LogP contribution in [0.15, 0.2) is 42.0 Å². The number of thiophene rings is 1. The van der Waals surface area contributed by atoms with Gasteiger partial charge in [-0.1, -0.05) is 17.4 Å². The lowest BCUT2D eigenvalue weighted by atomic mass is 10.2. The van der Waals surface area contributed by atoms with E-state index in [0.717, 1.165) is 10.0 Å². The third kappa shape index (κ3) is 3.59. The Morgan fingerprint density at radius 2 is 2.00 bits per heavy atom. The van der Waals surface area contributed by atoms with Crippen molar-refractivity contribution < 1.29 is 13.2 Å². The van der Waals surface area contributed by atoms with Crippen LogP contribution < -0.4 is 0 Å². The number of hydrogen-bond donors (Lipinski definition) is 0. The highest BCUT2D eigenvalue weighted by atomic mass is 32.2. The molecule has 0 spiro atoms. The summed E-state index contributed by atoms with van der Waals surface area (Å²) in [5, 5.41) is 2.11. The molecule has 0 radical (unpaired) electrons. The first kappa shape index (κ1) is 18.4. The summed E-state index contributed by atoms with van der Waals surface area (Å²) < 4.78 is 27.2. The topological polar surface area (TPSA) is 72.3 Å². The molecule has 9 heteroatoms. The second-order valence-electron chi connectivity index (χ2n) is 6.45. The average molecular weight is 422 g/mol. The summed E-state index contributed by atoms with van der Waals surface area (Å²) in [6.45, 7) is 2.47. The molecule has 1 saturated heterocycles. The number of thiazole rings is 1. The zero-order valence-electron chi connectivity index (χ0n) is 14.7. The van der Waals surface area contributed by atoms with Crippen molar-refractivity contribution in [2.75, 3.05) is 18.8 Å². The molecule has 1 fully saturated rings. The van der Waals surface area contributed by atoms with E-state index in [2.05, 4.69) is 4.98 Å². The summed E-state index contributed by atoms with van der Waals surface area (Å²) in [5.74, 6) is -0.144. The second-order valence-corrected chi connectivity index (χ2v) is 10.7. The lowest BCUT2D eigenvalue weighted by Crippen LogP contribution is -2.33. The molecule has 142 valence electrons. The highest BCUT2D eigenvalue weighted by Gasteiger charge is 2.34. The van der Waals surface area contributed by atoms with Gasteiger partial charge in [0.2, 0.25) is 0 Å². The van der Waals surface area contributed by atoms with Gasteiger partial charge in [0.25, 0.3) is 5.91 Å². The largest absolute Gasteiger partial charge is 0.337 e. The van der Waals surface area contributed by atoms with Crippen molar-refractivity contribution in [2.24, 2.45) is 0 Å². The van der Waals surface area contributed by atoms with Gasteiger partial charge in [-0.3, -0.25) is 4.79 Å². The molecule has 27 heavy (non-hydrogen) atoms. The van der Waals surface area contributed by atoms with Gasteiger partial charge < -0.3 is 9.47 Å². The lowest BCUT2D eigenvalue weighted by molar-refractivity contribution is 0.0770. The van der Waals surface area contributed by atoms with Crippen LogP contribution in [0, 0.1) is 6.92 Å². The van der Waals surface area contributed by atoms with E-state index in [1.807, 2.05) is 53.5 Å². The van der Waals surface area contributed by atoms with Crippen LogP contribution in [0.2, 0.25) is 0 Å². The minimum Gasteiger partial charge on any atom is -0.337 e. The normalized spacial score (nSPS) is 19.7. The second kappa shape index (κ2) is 7.21. The average Bonchev–Trinajstić information content (AvgIpc) is 3.37. The van der Waals surface area contributed by atoms with Crippen LogP contribution in [0.4, 0.5) is 0 Å². The maximum Gasteiger partial charge on any atom is 0.265 e. The molecular weight excluding hydrogens is 402 g/mol. The van der Waals surface area contributed by atoms with Crippen molar-refractivity contribution in [3.8, 4) is 5.13 Å². The highest BCUT2D eigenvalue weighted by Crippen LogP contribution is 2.33. The maximum atomic E-state index is 13.1. The first-order chi connectivity index (χ1) is 13.0. The number of aromatic nitrogens is 2. The van der Waals surface area contributed by atoms with E-state index < -0.39 is 15.1 Å². The van der Waals surface area contributed by atoms with Crippen molar-refractivity contribution in [1.82, 2.24) is 14.5 Å². The van der Waals surface area contributed by atoms with E-state index in [1.165, 1.54) is 22.7 Å². The Kier molecular flexibility index (Phi) is 4.92. The zero-order valence-corrected chi connectivity index (χ0v) is 17.2. The van der Waals surface area contributed by atoms with Crippen LogP contribution in [-0.4, -0.2) is 47.6 Å². The fraction of sp³-hybridized carbons (Fsp3) is 0.333. The maximum absolute atomic E-state index is 13.1. The molecule has 0 saturated carbocycles. The number of aryl methyl sites for hydroxylation is 1. The van der Waals surface area contributed by atoms with Gasteiger partial charge in [0, 0.05) is 30.4 Å². The third-order valence-electron chi connectivity index (χ3n) is 4.69. The molecule has 1 atom stereocenters. The number of carbonyl (C=O) groups is 1. The van der Waals surface area contributed by atoms with Gasteiger partial charge >= 0.3 is 0 Å². The number of amides is 1. The third-order valence-corrected chi connectivity index (χ3v) is 9.10. The van der Waals surface area contributed by atoms with Crippen LogP contribution in [-0.2, 0) is 9.84 Å². The van der Waals surface area contributed by atoms with Crippen LogP contribution >= 0.6 is 22.7 Å². The molecular formula is C18H19N3O3S3. The number of sulfone groups is 1. The Morgan fingerprint density at radius 1 is 1.22 bits per heavy atom. The van der Waals surface area contributed by atoms with Gasteiger partial charge in [-0.15, -0.1) is 11.3 Å². The summed E-state index contributed by atoms with van der Waals surface area (Å²) in [6, 6.07) is 7.54. The summed E-state index contributed by atoms with van der Waals surface area (Å²) >= 11 is 2.80. The van der Waals surface area contributed by atoms with E-state index in [1.54, 1.807) is 4.90 Å². The van der Waals surface area contributed by atoms with Crippen molar-refractivity contribution in [2.45, 2.75) is 18.6 Å². The Bertz CT molecular complexity index is 1040. The zero-order chi connectivity index (χ0) is 19.0. The van der Waals surface area contributed by atoms with Crippen molar-refractivity contribution in [1.29, 1.82) is 0 Å². The summed E-state index contributed by atoms with van der Waals surface area (Å²) in [7, 11) is -3.27. The molecule has 4 heterocycles. The first-order valence-corrected chi connectivity index (χ1v) is 12.0. The molecule has 0 N–H and O–H groups in total. The monoisotopic (exact) mass is 421 g/mol. The quantitative estimate of drug-likeness (QED) is 0.650. The fourth-order valence-corrected chi connectivity index (χ4v) is 7.24. The van der Waals surface area contributed by atoms with Crippen molar-refractivity contribution >= 4 is 38.4 Å². The van der Waals surface area contributed by atoms with Gasteiger partial charge in [-0.25, -0.2) is 13.4 Å². The predicted molar refractivity (Wildman–Crippen MR) is 108 cm³/mol. The van der Waals surface area contributed by atoms with Crippen molar-refractivity contribution in [3.63, 3.8) is 0 Å². The van der Waals surface area contributed by atoms with Gasteiger partial charge in [0.1, 0.15) is 4.88 Å². The lowest BCUT2D eigenvalue weighted by Gasteiger charge is -2.19. The smallest absolute Gasteiger partial charge is 0.265 e. The van der Waals surface area contributed by atoms with Crippen molar-refractivity contribution in [3.05, 3.63) is 57.5 Å². The Labute approximate surface area is 166 Å². The van der Waals surface area contributed by atoms with Crippen LogP contribution in [0.25, 0.3) is 5.13 Å². The van der Waals surface area contributed by atoms with E-state index in [0.29, 0.717) is 23.5 Å². The molecule has 1 amide bonds. The van der Waals surface area contributed by atoms with Crippen LogP contribution in [0.1, 0.15) is 31.9 Å². The standard InChI is InChI=1S/C18H19N3O3S3/c1-13-16(26-18(19-13)21-7-2-3-8-21)17(22)20-9-6-15(14-5-4-11-25-14)27(23,24)12-10-20/h2-5,7-8,11,15H,6,9-10,12H2,1H3. The minimum absolute atomic E-state index is 0.0103. The summed E-state index contributed by atoms with van der Waals surface area (Å²) in [5.41, 5.74) is 0.676. The molecule has 1 aliphatic rings. The molecule has 1 unspecified atom stereocenters. The van der Waals surface area contributed by atoms with E-state index >= 15 is 0 Å². The molecule has 0 aromatic carbocycles. The van der Waals surface area contributed by atoms with Crippen LogP contribution in [0.3, 0.4) is 0 Å². The molecule has 6 nitrogen and oxygen atoms in total. The molecule has 0 bridgehead atoms. The number of hydrogen-bond acceptors (Lipinski definition) is 6. The van der Waals surface area contributed by atoms with E-state index in [-0.39, 0.29) is 18.2 Å². The molecule has 3 aromatic heterocycles. The van der Waals surface area contributed by atoms with Gasteiger partial charge in [0.15, 0.2) is 15.0 Å². The summed E-state index contributed by atoms with van der Waals surface area (Å²) in [4.78, 5) is 20.6.